The van der Waals surface area contributed by atoms with E-state index in [2.05, 4.69) is 10.6 Å². The van der Waals surface area contributed by atoms with Crippen molar-refractivity contribution in [3.8, 4) is 0 Å². The van der Waals surface area contributed by atoms with Gasteiger partial charge in [-0.05, 0) is 0 Å². The summed E-state index contributed by atoms with van der Waals surface area (Å²) in [4.78, 5) is 24.1. The average Bonchev–Trinajstić information content (AvgIpc) is 3.09. The van der Waals surface area contributed by atoms with Crippen molar-refractivity contribution >= 4 is 11.8 Å². The van der Waals surface area contributed by atoms with Crippen LogP contribution in [0.25, 0.3) is 0 Å². The summed E-state index contributed by atoms with van der Waals surface area (Å²) in [6.45, 7) is -0.614. The standard InChI is InChI=1S/C29H50N2O21/c1-8(35)30-14-18(39)24(13(7-45-3)46-26(14)44)50-27-15(31-9(2)36)19(40)23(12(6-34)49-27)51-29-22(43)25(17(38)11(5-33)48-29)52-28-21(42)20(41)16(37)10(4-32)47-28/h10-29,32-34,37-44H,4-7H2,1-3H3,(H,30,35)(H,31,36)/t10-,11-,12-,13-,14-,15-,16-,17-,18-,19-,20+,21+,22+,23-,24-,25+,26-,27+,28-,29+/m1/s1. The number of nitrogens with one attached hydrogen (secondary N) is 2. The molecule has 4 saturated heterocycles. The lowest BCUT2D eigenvalue weighted by Gasteiger charge is -2.50. The summed E-state index contributed by atoms with van der Waals surface area (Å²) < 4.78 is 44.8. The summed E-state index contributed by atoms with van der Waals surface area (Å²) >= 11 is 0. The maximum absolute atomic E-state index is 12.3. The number of rotatable bonds is 13. The van der Waals surface area contributed by atoms with Gasteiger partial charge in [0, 0.05) is 21.0 Å². The Balaban J connectivity index is 1.57. The summed E-state index contributed by atoms with van der Waals surface area (Å²) in [5, 5.41) is 120. The molecule has 4 aliphatic heterocycles. The van der Waals surface area contributed by atoms with Crippen LogP contribution in [-0.4, -0.2) is 224 Å². The maximum atomic E-state index is 12.3. The van der Waals surface area contributed by atoms with Gasteiger partial charge in [-0.25, -0.2) is 0 Å². The summed E-state index contributed by atoms with van der Waals surface area (Å²) in [5.74, 6) is -1.34. The van der Waals surface area contributed by atoms with Gasteiger partial charge in [-0.1, -0.05) is 0 Å². The number of amides is 2. The first kappa shape index (κ1) is 42.9. The number of ether oxygens (including phenoxy) is 8. The Labute approximate surface area is 296 Å². The number of carbonyl (C=O) groups excluding carboxylic acids is 2. The highest BCUT2D eigenvalue weighted by atomic mass is 16.8. The van der Waals surface area contributed by atoms with Crippen LogP contribution in [0.5, 0.6) is 0 Å². The van der Waals surface area contributed by atoms with E-state index in [9.17, 15) is 65.8 Å². The third kappa shape index (κ3) is 9.34. The Morgan fingerprint density at radius 2 is 0.981 bits per heavy atom. The molecule has 4 aliphatic rings. The molecule has 20 atom stereocenters. The molecule has 4 heterocycles. The third-order valence-electron chi connectivity index (χ3n) is 9.16. The molecular weight excluding hydrogens is 712 g/mol. The molecule has 0 saturated carbocycles. The number of hydrogen-bond donors (Lipinski definition) is 13. The molecule has 302 valence electrons. The lowest BCUT2D eigenvalue weighted by molar-refractivity contribution is -0.379. The molecule has 0 aliphatic carbocycles. The van der Waals surface area contributed by atoms with Crippen molar-refractivity contribution in [3.63, 3.8) is 0 Å². The summed E-state index contributed by atoms with van der Waals surface area (Å²) in [5.41, 5.74) is 0. The molecule has 0 aromatic carbocycles. The summed E-state index contributed by atoms with van der Waals surface area (Å²) in [6.07, 6.45) is -30.7. The summed E-state index contributed by atoms with van der Waals surface area (Å²) in [7, 11) is 1.30. The van der Waals surface area contributed by atoms with Gasteiger partial charge in [0.25, 0.3) is 0 Å². The first-order valence-corrected chi connectivity index (χ1v) is 16.5. The zero-order valence-electron chi connectivity index (χ0n) is 28.4. The van der Waals surface area contributed by atoms with E-state index in [0.717, 1.165) is 13.8 Å². The van der Waals surface area contributed by atoms with Gasteiger partial charge in [-0.3, -0.25) is 9.59 Å². The SMILES string of the molecule is COC[C@H]1O[C@@H](O)[C@H](NC(C)=O)[C@@H](O)[C@@H]1O[C@@H]1O[C@H](CO)[C@@H](O[C@@H]2O[C@H](CO)[C@@H](O)[C@H](O[C@H]3O[C@H](CO)[C@@H](O)[C@H](O)[C@@H]3O)[C@@H]2O)[C@H](O)[C@H]1NC(C)=O. The van der Waals surface area contributed by atoms with Crippen LogP contribution in [0.2, 0.25) is 0 Å². The van der Waals surface area contributed by atoms with E-state index in [1.807, 2.05) is 0 Å². The molecule has 52 heavy (non-hydrogen) atoms. The second kappa shape index (κ2) is 18.7. The van der Waals surface area contributed by atoms with E-state index in [0.29, 0.717) is 0 Å². The van der Waals surface area contributed by atoms with Crippen molar-refractivity contribution in [1.29, 1.82) is 0 Å². The minimum atomic E-state index is -2.02. The predicted molar refractivity (Wildman–Crippen MR) is 162 cm³/mol. The summed E-state index contributed by atoms with van der Waals surface area (Å²) in [6, 6.07) is -2.95. The van der Waals surface area contributed by atoms with Crippen molar-refractivity contribution in [2.24, 2.45) is 0 Å². The van der Waals surface area contributed by atoms with Crippen molar-refractivity contribution in [3.05, 3.63) is 0 Å². The minimum absolute atomic E-state index is 0.248. The smallest absolute Gasteiger partial charge is 0.217 e. The number of aliphatic hydroxyl groups is 11. The minimum Gasteiger partial charge on any atom is -0.394 e. The largest absolute Gasteiger partial charge is 0.394 e. The number of hydrogen-bond acceptors (Lipinski definition) is 21. The second-order valence-corrected chi connectivity index (χ2v) is 12.9. The monoisotopic (exact) mass is 762 g/mol. The molecule has 23 nitrogen and oxygen atoms in total. The van der Waals surface area contributed by atoms with Gasteiger partial charge >= 0.3 is 0 Å². The van der Waals surface area contributed by atoms with Gasteiger partial charge in [0.1, 0.15) is 97.5 Å². The van der Waals surface area contributed by atoms with Crippen LogP contribution in [0, 0.1) is 0 Å². The van der Waals surface area contributed by atoms with E-state index >= 15 is 0 Å². The van der Waals surface area contributed by atoms with Crippen LogP contribution in [0.3, 0.4) is 0 Å². The fourth-order valence-corrected chi connectivity index (χ4v) is 6.50. The van der Waals surface area contributed by atoms with Crippen molar-refractivity contribution in [2.75, 3.05) is 33.5 Å². The molecule has 4 rings (SSSR count). The molecule has 0 aromatic rings. The van der Waals surface area contributed by atoms with Crippen LogP contribution < -0.4 is 10.6 Å². The first-order chi connectivity index (χ1) is 24.6. The molecule has 23 heteroatoms. The van der Waals surface area contributed by atoms with Gasteiger partial charge in [0.05, 0.1) is 26.4 Å². The van der Waals surface area contributed by atoms with Crippen LogP contribution in [0.4, 0.5) is 0 Å². The van der Waals surface area contributed by atoms with Crippen LogP contribution in [-0.2, 0) is 47.5 Å². The molecule has 2 amide bonds. The molecular formula is C29H50N2O21. The van der Waals surface area contributed by atoms with E-state index in [1.54, 1.807) is 0 Å². The van der Waals surface area contributed by atoms with E-state index in [1.165, 1.54) is 7.11 Å². The van der Waals surface area contributed by atoms with Crippen LogP contribution in [0.1, 0.15) is 13.8 Å². The quantitative estimate of drug-likeness (QED) is 0.0828. The zero-order chi connectivity index (χ0) is 38.6. The van der Waals surface area contributed by atoms with Crippen LogP contribution in [0.15, 0.2) is 0 Å². The molecule has 0 spiro atoms. The highest BCUT2D eigenvalue weighted by molar-refractivity contribution is 5.73. The van der Waals surface area contributed by atoms with Gasteiger partial charge in [-0.15, -0.1) is 0 Å². The fraction of sp³-hybridized carbons (Fsp3) is 0.931. The highest BCUT2D eigenvalue weighted by Crippen LogP contribution is 2.34. The Kier molecular flexibility index (Phi) is 15.4. The maximum Gasteiger partial charge on any atom is 0.217 e. The molecule has 0 radical (unpaired) electrons. The lowest BCUT2D eigenvalue weighted by atomic mass is 9.94. The van der Waals surface area contributed by atoms with Gasteiger partial charge in [0.2, 0.25) is 11.8 Å². The molecule has 0 aromatic heterocycles. The zero-order valence-corrected chi connectivity index (χ0v) is 28.4. The van der Waals surface area contributed by atoms with E-state index in [-0.39, 0.29) is 6.61 Å². The van der Waals surface area contributed by atoms with Gasteiger partial charge in [-0.2, -0.15) is 0 Å². The van der Waals surface area contributed by atoms with Crippen molar-refractivity contribution in [2.45, 2.75) is 137 Å². The van der Waals surface area contributed by atoms with Crippen LogP contribution >= 0.6 is 0 Å². The van der Waals surface area contributed by atoms with Gasteiger partial charge < -0.3 is 105 Å². The number of methoxy groups -OCH3 is 1. The topological polar surface area (TPSA) is 355 Å². The predicted octanol–water partition coefficient (Wildman–Crippen LogP) is -8.81. The lowest BCUT2D eigenvalue weighted by Crippen LogP contribution is -2.70. The molecule has 4 fully saturated rings. The normalized spacial score (nSPS) is 47.1. The Hall–Kier alpha value is -1.82. The molecule has 13 N–H and O–H groups in total. The molecule has 0 bridgehead atoms. The van der Waals surface area contributed by atoms with E-state index in [4.69, 9.17) is 37.9 Å². The highest BCUT2D eigenvalue weighted by Gasteiger charge is 2.55. The Morgan fingerprint density at radius 1 is 0.519 bits per heavy atom. The first-order valence-electron chi connectivity index (χ1n) is 16.5. The third-order valence-corrected chi connectivity index (χ3v) is 9.16. The van der Waals surface area contributed by atoms with Gasteiger partial charge in [0.15, 0.2) is 25.2 Å². The number of carbonyl (C=O) groups is 2. The van der Waals surface area contributed by atoms with E-state index < -0.39 is 154 Å². The second-order valence-electron chi connectivity index (χ2n) is 12.9. The van der Waals surface area contributed by atoms with Crippen molar-refractivity contribution in [1.82, 2.24) is 10.6 Å². The Bertz CT molecular complexity index is 1160. The number of aliphatic hydroxyl groups excluding tert-OH is 11. The average molecular weight is 763 g/mol. The Morgan fingerprint density at radius 3 is 1.54 bits per heavy atom. The van der Waals surface area contributed by atoms with Crippen molar-refractivity contribution < 1.29 is 104 Å². The molecule has 0 unspecified atom stereocenters. The fourth-order valence-electron chi connectivity index (χ4n) is 6.50.